The number of aliphatic hydroxyl groups excluding tert-OH is 1. The predicted molar refractivity (Wildman–Crippen MR) is 375 cm³/mol. The smallest absolute Gasteiger partial charge is 0.0431 e. The van der Waals surface area contributed by atoms with Crippen molar-refractivity contribution >= 4 is 0 Å². The molecule has 0 unspecified atom stereocenters. The molecule has 488 valence electrons. The topological polar surface area (TPSA) is 20.2 Å². The highest BCUT2D eigenvalue weighted by Crippen LogP contribution is 2.26. The summed E-state index contributed by atoms with van der Waals surface area (Å²) in [6.45, 7) is 13.7. The molecule has 0 radical (unpaired) electrons. The first kappa shape index (κ1) is 82.8. The molecule has 0 saturated carbocycles. The molecule has 0 aliphatic carbocycles. The monoisotopic (exact) mass is 1140 g/mol. The van der Waals surface area contributed by atoms with Gasteiger partial charge >= 0.3 is 0 Å². The van der Waals surface area contributed by atoms with E-state index in [2.05, 4.69) is 40.3 Å². The molecule has 0 bridgehead atoms. The first-order valence-corrected chi connectivity index (χ1v) is 39.4. The fraction of sp³-hybridized carbons (Fsp3) is 0.975. The molecule has 0 spiro atoms. The molecule has 0 aromatic carbocycles. The summed E-state index contributed by atoms with van der Waals surface area (Å²) >= 11 is 0. The molecule has 0 aliphatic heterocycles. The van der Waals surface area contributed by atoms with Crippen molar-refractivity contribution in [3.8, 4) is 0 Å². The van der Waals surface area contributed by atoms with Crippen molar-refractivity contribution in [2.24, 2.45) is 11.8 Å². The molecule has 0 heterocycles. The van der Waals surface area contributed by atoms with Crippen LogP contribution in [-0.4, -0.2) is 11.7 Å². The number of hydrogen-bond donors (Lipinski definition) is 1. The average Bonchev–Trinajstić information content (AvgIpc) is 3.47. The SMILES string of the molecule is C=CCC(CCCCCCCCCCCCCCCCCC)CCCCCCCCCCCCCCCCCC.CCCCCCCCCCCCCCCCCCC(CCCO)CCCCCCCCCCCCCCCCCC. The second kappa shape index (κ2) is 79.7. The van der Waals surface area contributed by atoms with Gasteiger partial charge in [0.05, 0.1) is 0 Å². The van der Waals surface area contributed by atoms with Gasteiger partial charge in [-0.25, -0.2) is 0 Å². The van der Waals surface area contributed by atoms with Crippen LogP contribution in [0.4, 0.5) is 0 Å². The number of rotatable bonds is 73. The highest BCUT2D eigenvalue weighted by molar-refractivity contribution is 4.73. The molecule has 81 heavy (non-hydrogen) atoms. The third-order valence-electron chi connectivity index (χ3n) is 19.1. The van der Waals surface area contributed by atoms with E-state index in [-0.39, 0.29) is 0 Å². The van der Waals surface area contributed by atoms with Crippen LogP contribution in [-0.2, 0) is 0 Å². The van der Waals surface area contributed by atoms with E-state index in [4.69, 9.17) is 0 Å². The minimum absolute atomic E-state index is 0.383. The molecule has 0 saturated heterocycles. The fourth-order valence-electron chi connectivity index (χ4n) is 13.4. The molecule has 0 aromatic heterocycles. The maximum absolute atomic E-state index is 9.34. The summed E-state index contributed by atoms with van der Waals surface area (Å²) in [5.74, 6) is 1.79. The number of hydrogen-bond acceptors (Lipinski definition) is 1. The fourth-order valence-corrected chi connectivity index (χ4v) is 13.4. The quantitative estimate of drug-likeness (QED) is 0.0475. The Morgan fingerprint density at radius 2 is 0.333 bits per heavy atom. The van der Waals surface area contributed by atoms with Crippen molar-refractivity contribution in [3.63, 3.8) is 0 Å². The summed E-state index contributed by atoms with van der Waals surface area (Å²) in [5.41, 5.74) is 0. The van der Waals surface area contributed by atoms with Crippen molar-refractivity contribution in [1.82, 2.24) is 0 Å². The molecule has 0 rings (SSSR count). The van der Waals surface area contributed by atoms with E-state index in [9.17, 15) is 5.11 Å². The molecule has 0 amide bonds. The summed E-state index contributed by atoms with van der Waals surface area (Å²) in [6, 6.07) is 0. The molecule has 0 fully saturated rings. The van der Waals surface area contributed by atoms with Gasteiger partial charge in [0.25, 0.3) is 0 Å². The van der Waals surface area contributed by atoms with E-state index in [1.807, 2.05) is 0 Å². The van der Waals surface area contributed by atoms with E-state index in [0.29, 0.717) is 6.61 Å². The number of aliphatic hydroxyl groups is 1. The van der Waals surface area contributed by atoms with Gasteiger partial charge in [0.2, 0.25) is 0 Å². The van der Waals surface area contributed by atoms with E-state index in [1.54, 1.807) is 0 Å². The standard InChI is InChI=1S/C40H82O.C40H80/c1-3-5-7-9-11-13-15-17-19-21-23-25-27-29-31-33-36-40(38-35-39-41)37-34-32-30-28-26-24-22-20-18-16-14-12-10-8-6-4-2;1-4-7-9-11-13-15-17-19-21-23-25-27-29-31-33-35-38-40(37-6-3)39-36-34-32-30-28-26-24-22-20-18-16-14-12-10-8-5-2/h40-41H,3-39H2,1-2H3;6,40H,3-5,7-39H2,1-2H3. The van der Waals surface area contributed by atoms with Crippen molar-refractivity contribution in [3.05, 3.63) is 12.7 Å². The zero-order chi connectivity index (χ0) is 58.8. The Hall–Kier alpha value is -0.300. The van der Waals surface area contributed by atoms with Gasteiger partial charge in [-0.3, -0.25) is 0 Å². The second-order valence-electron chi connectivity index (χ2n) is 27.5. The Kier molecular flexibility index (Phi) is 81.4. The van der Waals surface area contributed by atoms with Gasteiger partial charge in [0.15, 0.2) is 0 Å². The lowest BCUT2D eigenvalue weighted by molar-refractivity contribution is 0.261. The van der Waals surface area contributed by atoms with E-state index >= 15 is 0 Å². The maximum Gasteiger partial charge on any atom is 0.0431 e. The lowest BCUT2D eigenvalue weighted by atomic mass is 9.90. The zero-order valence-electron chi connectivity index (χ0n) is 57.8. The molecule has 0 atom stereocenters. The summed E-state index contributed by atoms with van der Waals surface area (Å²) in [4.78, 5) is 0. The lowest BCUT2D eigenvalue weighted by Gasteiger charge is -2.16. The third kappa shape index (κ3) is 77.7. The first-order chi connectivity index (χ1) is 40.2. The predicted octanol–water partition coefficient (Wildman–Crippen LogP) is 30.2. The van der Waals surface area contributed by atoms with Crippen LogP contribution < -0.4 is 0 Å². The molecular weight excluding hydrogens is 977 g/mol. The van der Waals surface area contributed by atoms with Crippen LogP contribution in [0, 0.1) is 11.8 Å². The average molecular weight is 1140 g/mol. The summed E-state index contributed by atoms with van der Waals surface area (Å²) < 4.78 is 0. The molecule has 1 nitrogen and oxygen atoms in total. The van der Waals surface area contributed by atoms with E-state index < -0.39 is 0 Å². The molecule has 1 N–H and O–H groups in total. The van der Waals surface area contributed by atoms with Gasteiger partial charge < -0.3 is 5.11 Å². The minimum atomic E-state index is 0.383. The highest BCUT2D eigenvalue weighted by Gasteiger charge is 2.10. The summed E-state index contributed by atoms with van der Waals surface area (Å²) in [7, 11) is 0. The Morgan fingerprint density at radius 1 is 0.198 bits per heavy atom. The molecule has 0 aromatic rings. The van der Waals surface area contributed by atoms with Crippen molar-refractivity contribution < 1.29 is 5.11 Å². The Balaban J connectivity index is 0. The van der Waals surface area contributed by atoms with Gasteiger partial charge in [-0.1, -0.05) is 470 Å². The first-order valence-electron chi connectivity index (χ1n) is 39.4. The number of allylic oxidation sites excluding steroid dienone is 1. The normalized spacial score (nSPS) is 11.6. The van der Waals surface area contributed by atoms with Crippen molar-refractivity contribution in [1.29, 1.82) is 0 Å². The molecule has 0 aliphatic rings. The molecular formula is C80H162O. The van der Waals surface area contributed by atoms with Gasteiger partial charge in [0, 0.05) is 6.61 Å². The number of unbranched alkanes of at least 4 members (excludes halogenated alkanes) is 60. The van der Waals surface area contributed by atoms with Crippen LogP contribution in [0.5, 0.6) is 0 Å². The Labute approximate surface area is 517 Å². The van der Waals surface area contributed by atoms with Gasteiger partial charge in [-0.15, -0.1) is 6.58 Å². The van der Waals surface area contributed by atoms with Crippen LogP contribution in [0.3, 0.4) is 0 Å². The van der Waals surface area contributed by atoms with Crippen molar-refractivity contribution in [2.75, 3.05) is 6.61 Å². The minimum Gasteiger partial charge on any atom is -0.396 e. The van der Waals surface area contributed by atoms with E-state index in [1.165, 1.54) is 449 Å². The van der Waals surface area contributed by atoms with Gasteiger partial charge in [-0.2, -0.15) is 0 Å². The largest absolute Gasteiger partial charge is 0.396 e. The van der Waals surface area contributed by atoms with Crippen LogP contribution in [0.15, 0.2) is 12.7 Å². The van der Waals surface area contributed by atoms with Gasteiger partial charge in [0.1, 0.15) is 0 Å². The van der Waals surface area contributed by atoms with Gasteiger partial charge in [-0.05, 0) is 31.1 Å². The maximum atomic E-state index is 9.34. The Bertz CT molecular complexity index is 961. The third-order valence-corrected chi connectivity index (χ3v) is 19.1. The summed E-state index contributed by atoms with van der Waals surface area (Å²) in [5, 5.41) is 9.34. The van der Waals surface area contributed by atoms with E-state index in [0.717, 1.165) is 18.3 Å². The molecule has 1 heteroatoms. The van der Waals surface area contributed by atoms with Crippen LogP contribution in [0.25, 0.3) is 0 Å². The lowest BCUT2D eigenvalue weighted by Crippen LogP contribution is -2.02. The summed E-state index contributed by atoms with van der Waals surface area (Å²) in [6.07, 6.45) is 105. The van der Waals surface area contributed by atoms with Crippen molar-refractivity contribution in [2.45, 2.75) is 484 Å². The van der Waals surface area contributed by atoms with Crippen LogP contribution in [0.1, 0.15) is 484 Å². The van der Waals surface area contributed by atoms with Crippen LogP contribution in [0.2, 0.25) is 0 Å². The highest BCUT2D eigenvalue weighted by atomic mass is 16.2. The second-order valence-corrected chi connectivity index (χ2v) is 27.5. The zero-order valence-corrected chi connectivity index (χ0v) is 57.8. The Morgan fingerprint density at radius 3 is 0.481 bits per heavy atom. The van der Waals surface area contributed by atoms with Crippen LogP contribution >= 0.6 is 0 Å².